The topological polar surface area (TPSA) is 53.4 Å². The molecule has 19 heavy (non-hydrogen) atoms. The highest BCUT2D eigenvalue weighted by Gasteiger charge is 2.16. The Labute approximate surface area is 118 Å². The molecule has 2 rings (SSSR count). The van der Waals surface area contributed by atoms with Gasteiger partial charge in [-0.25, -0.2) is 4.98 Å². The van der Waals surface area contributed by atoms with Crippen molar-refractivity contribution in [3.05, 3.63) is 15.6 Å². The predicted octanol–water partition coefficient (Wildman–Crippen LogP) is 2.71. The average Bonchev–Trinajstić information content (AvgIpc) is 2.58. The number of aryl methyl sites for hydroxylation is 1. The summed E-state index contributed by atoms with van der Waals surface area (Å²) in [4.78, 5) is 18.9. The van der Waals surface area contributed by atoms with E-state index in [1.807, 2.05) is 6.92 Å². The van der Waals surface area contributed by atoms with Crippen molar-refractivity contribution >= 4 is 17.3 Å². The molecule has 0 saturated carbocycles. The minimum Gasteiger partial charge on any atom is -0.481 e. The van der Waals surface area contributed by atoms with E-state index in [1.54, 1.807) is 11.3 Å². The molecule has 106 valence electrons. The highest BCUT2D eigenvalue weighted by atomic mass is 32.1. The molecule has 0 atom stereocenters. The van der Waals surface area contributed by atoms with E-state index in [9.17, 15) is 4.79 Å². The third-order valence-electron chi connectivity index (χ3n) is 3.53. The van der Waals surface area contributed by atoms with Crippen molar-refractivity contribution in [1.82, 2.24) is 9.88 Å². The van der Waals surface area contributed by atoms with E-state index in [2.05, 4.69) is 9.88 Å². The minimum atomic E-state index is -0.764. The molecule has 0 aliphatic carbocycles. The Hall–Kier alpha value is -0.940. The fourth-order valence-corrected chi connectivity index (χ4v) is 3.73. The molecule has 0 aromatic carbocycles. The zero-order chi connectivity index (χ0) is 13.7. The van der Waals surface area contributed by atoms with Gasteiger partial charge < -0.3 is 5.11 Å². The Morgan fingerprint density at radius 1 is 1.32 bits per heavy atom. The molecule has 0 unspecified atom stereocenters. The quantitative estimate of drug-likeness (QED) is 0.902. The normalized spacial score (nSPS) is 17.3. The summed E-state index contributed by atoms with van der Waals surface area (Å²) in [6, 6.07) is 0. The number of aliphatic carboxylic acids is 1. The molecule has 1 fully saturated rings. The van der Waals surface area contributed by atoms with Crippen molar-refractivity contribution in [2.75, 3.05) is 13.1 Å². The van der Waals surface area contributed by atoms with Crippen molar-refractivity contribution in [3.8, 4) is 0 Å². The van der Waals surface area contributed by atoms with E-state index in [4.69, 9.17) is 5.11 Å². The summed E-state index contributed by atoms with van der Waals surface area (Å²) in [6.45, 7) is 5.22. The molecule has 1 aromatic rings. The monoisotopic (exact) mass is 282 g/mol. The molecule has 1 N–H and O–H groups in total. The second kappa shape index (κ2) is 7.01. The maximum atomic E-state index is 10.9. The molecule has 1 aliphatic rings. The summed E-state index contributed by atoms with van der Waals surface area (Å²) in [5, 5.41) is 10.0. The minimum absolute atomic E-state index is 0.112. The molecule has 4 nitrogen and oxygen atoms in total. The van der Waals surface area contributed by atoms with Crippen LogP contribution in [0.2, 0.25) is 0 Å². The number of carboxylic acids is 1. The van der Waals surface area contributed by atoms with Gasteiger partial charge in [-0.3, -0.25) is 9.69 Å². The van der Waals surface area contributed by atoms with Crippen LogP contribution < -0.4 is 0 Å². The third-order valence-corrected chi connectivity index (χ3v) is 4.61. The number of aromatic nitrogens is 1. The van der Waals surface area contributed by atoms with Crippen LogP contribution in [0.1, 0.15) is 48.2 Å². The predicted molar refractivity (Wildman–Crippen MR) is 76.6 cm³/mol. The lowest BCUT2D eigenvalue weighted by atomic mass is 10.2. The summed E-state index contributed by atoms with van der Waals surface area (Å²) < 4.78 is 0. The van der Waals surface area contributed by atoms with Gasteiger partial charge in [0.05, 0.1) is 18.7 Å². The van der Waals surface area contributed by atoms with E-state index in [0.717, 1.165) is 41.6 Å². The number of rotatable bonds is 5. The number of thiazole rings is 1. The number of hydrogen-bond donors (Lipinski definition) is 1. The smallest absolute Gasteiger partial charge is 0.308 e. The molecule has 0 bridgehead atoms. The molecule has 0 amide bonds. The largest absolute Gasteiger partial charge is 0.481 e. The van der Waals surface area contributed by atoms with E-state index in [1.165, 1.54) is 25.7 Å². The third kappa shape index (κ3) is 4.28. The van der Waals surface area contributed by atoms with Gasteiger partial charge in [-0.1, -0.05) is 19.8 Å². The lowest BCUT2D eigenvalue weighted by Crippen LogP contribution is -2.23. The first-order valence-electron chi connectivity index (χ1n) is 7.10. The highest BCUT2D eigenvalue weighted by molar-refractivity contribution is 7.11. The van der Waals surface area contributed by atoms with Crippen molar-refractivity contribution in [1.29, 1.82) is 0 Å². The first-order chi connectivity index (χ1) is 9.19. The van der Waals surface area contributed by atoms with Gasteiger partial charge in [-0.2, -0.15) is 0 Å². The molecular formula is C14H22N2O2S. The van der Waals surface area contributed by atoms with E-state index in [0.29, 0.717) is 0 Å². The summed E-state index contributed by atoms with van der Waals surface area (Å²) in [7, 11) is 0. The van der Waals surface area contributed by atoms with Crippen LogP contribution in [-0.4, -0.2) is 34.0 Å². The maximum Gasteiger partial charge on any atom is 0.308 e. The Morgan fingerprint density at radius 3 is 2.58 bits per heavy atom. The SMILES string of the molecule is CCc1nc(CN2CCCCCC2)sc1CC(=O)O. The van der Waals surface area contributed by atoms with Gasteiger partial charge in [0, 0.05) is 4.88 Å². The number of nitrogens with zero attached hydrogens (tertiary/aromatic N) is 2. The number of likely N-dealkylation sites (tertiary alicyclic amines) is 1. The van der Waals surface area contributed by atoms with Crippen molar-refractivity contribution in [2.24, 2.45) is 0 Å². The molecular weight excluding hydrogens is 260 g/mol. The van der Waals surface area contributed by atoms with Gasteiger partial charge in [0.1, 0.15) is 5.01 Å². The summed E-state index contributed by atoms with van der Waals surface area (Å²) in [5.74, 6) is -0.764. The van der Waals surface area contributed by atoms with Crippen LogP contribution >= 0.6 is 11.3 Å². The number of hydrogen-bond acceptors (Lipinski definition) is 4. The molecule has 0 radical (unpaired) electrons. The summed E-state index contributed by atoms with van der Waals surface area (Å²) >= 11 is 1.58. The molecule has 2 heterocycles. The van der Waals surface area contributed by atoms with Gasteiger partial charge in [-0.15, -0.1) is 11.3 Å². The van der Waals surface area contributed by atoms with Crippen LogP contribution in [-0.2, 0) is 24.2 Å². The summed E-state index contributed by atoms with van der Waals surface area (Å²) in [6.07, 6.45) is 6.14. The van der Waals surface area contributed by atoms with Gasteiger partial charge in [0.15, 0.2) is 0 Å². The molecule has 1 aromatic heterocycles. The average molecular weight is 282 g/mol. The van der Waals surface area contributed by atoms with Gasteiger partial charge in [0.2, 0.25) is 0 Å². The van der Waals surface area contributed by atoms with Crippen LogP contribution in [0.5, 0.6) is 0 Å². The Morgan fingerprint density at radius 2 is 2.00 bits per heavy atom. The van der Waals surface area contributed by atoms with Crippen molar-refractivity contribution in [2.45, 2.75) is 52.0 Å². The van der Waals surface area contributed by atoms with Crippen LogP contribution in [0.25, 0.3) is 0 Å². The van der Waals surface area contributed by atoms with Gasteiger partial charge in [0.25, 0.3) is 0 Å². The second-order valence-electron chi connectivity index (χ2n) is 5.09. The Bertz CT molecular complexity index is 423. The molecule has 1 saturated heterocycles. The van der Waals surface area contributed by atoms with E-state index in [-0.39, 0.29) is 6.42 Å². The maximum absolute atomic E-state index is 10.9. The van der Waals surface area contributed by atoms with Gasteiger partial charge >= 0.3 is 5.97 Å². The zero-order valence-corrected chi connectivity index (χ0v) is 12.3. The lowest BCUT2D eigenvalue weighted by molar-refractivity contribution is -0.136. The fraction of sp³-hybridized carbons (Fsp3) is 0.714. The first kappa shape index (κ1) is 14.5. The van der Waals surface area contributed by atoms with E-state index >= 15 is 0 Å². The van der Waals surface area contributed by atoms with Crippen LogP contribution in [0, 0.1) is 0 Å². The lowest BCUT2D eigenvalue weighted by Gasteiger charge is -2.17. The molecule has 0 spiro atoms. The Balaban J connectivity index is 2.03. The van der Waals surface area contributed by atoms with Gasteiger partial charge in [-0.05, 0) is 32.4 Å². The summed E-state index contributed by atoms with van der Waals surface area (Å²) in [5.41, 5.74) is 0.970. The van der Waals surface area contributed by atoms with Crippen molar-refractivity contribution in [3.63, 3.8) is 0 Å². The molecule has 5 heteroatoms. The first-order valence-corrected chi connectivity index (χ1v) is 7.92. The zero-order valence-electron chi connectivity index (χ0n) is 11.5. The van der Waals surface area contributed by atoms with Crippen LogP contribution in [0.3, 0.4) is 0 Å². The van der Waals surface area contributed by atoms with E-state index < -0.39 is 5.97 Å². The molecule has 1 aliphatic heterocycles. The number of carboxylic acid groups (broad SMARTS) is 1. The second-order valence-corrected chi connectivity index (χ2v) is 6.26. The standard InChI is InChI=1S/C14H22N2O2S/c1-2-11-12(9-14(17)18)19-13(15-11)10-16-7-5-3-4-6-8-16/h2-10H2,1H3,(H,17,18). The van der Waals surface area contributed by atoms with Crippen LogP contribution in [0.4, 0.5) is 0 Å². The fourth-order valence-electron chi connectivity index (χ4n) is 2.54. The number of carbonyl (C=O) groups is 1. The van der Waals surface area contributed by atoms with Crippen LogP contribution in [0.15, 0.2) is 0 Å². The Kier molecular flexibility index (Phi) is 5.34. The van der Waals surface area contributed by atoms with Crippen molar-refractivity contribution < 1.29 is 9.90 Å². The highest BCUT2D eigenvalue weighted by Crippen LogP contribution is 2.22.